The lowest BCUT2D eigenvalue weighted by atomic mass is 9.92. The number of thiophene rings is 1. The summed E-state index contributed by atoms with van der Waals surface area (Å²) in [5.41, 5.74) is 4.29. The van der Waals surface area contributed by atoms with Crippen LogP contribution in [0.4, 0.5) is 17.6 Å². The van der Waals surface area contributed by atoms with E-state index >= 15 is 17.6 Å². The molecule has 0 aliphatic carbocycles. The molecule has 0 saturated heterocycles. The Labute approximate surface area is 312 Å². The Morgan fingerprint density at radius 1 is 0.804 bits per heavy atom. The van der Waals surface area contributed by atoms with Gasteiger partial charge in [-0.15, -0.1) is 23.1 Å². The number of allylic oxidation sites excluding steroid dienone is 2. The highest BCUT2D eigenvalue weighted by molar-refractivity contribution is 8.07. The molecule has 2 aromatic heterocycles. The molecule has 270 valence electrons. The zero-order chi connectivity index (χ0) is 36.5. The second-order valence-electron chi connectivity index (χ2n) is 13.3. The van der Waals surface area contributed by atoms with E-state index in [9.17, 15) is 0 Å². The van der Waals surface area contributed by atoms with Gasteiger partial charge < -0.3 is 0 Å². The number of rotatable bonds is 18. The van der Waals surface area contributed by atoms with Crippen LogP contribution in [0.5, 0.6) is 0 Å². The van der Waals surface area contributed by atoms with Crippen molar-refractivity contribution in [3.05, 3.63) is 113 Å². The second-order valence-corrected chi connectivity index (χ2v) is 16.0. The number of halogens is 4. The summed E-state index contributed by atoms with van der Waals surface area (Å²) in [6, 6.07) is 13.3. The van der Waals surface area contributed by atoms with Gasteiger partial charge in [-0.3, -0.25) is 0 Å². The summed E-state index contributed by atoms with van der Waals surface area (Å²) in [4.78, 5) is 1.76. The highest BCUT2D eigenvalue weighted by Gasteiger charge is 2.21. The van der Waals surface area contributed by atoms with Crippen LogP contribution in [0.1, 0.15) is 94.9 Å². The molecule has 9 heteroatoms. The lowest BCUT2D eigenvalue weighted by molar-refractivity contribution is 0.421. The van der Waals surface area contributed by atoms with Gasteiger partial charge in [-0.1, -0.05) is 84.6 Å². The average molecular weight is 751 g/mol. The molecule has 5 aromatic rings. The number of aromatic nitrogens is 2. The average Bonchev–Trinajstić information content (AvgIpc) is 3.80. The molecule has 0 fully saturated rings. The van der Waals surface area contributed by atoms with Crippen molar-refractivity contribution in [2.45, 2.75) is 91.2 Å². The number of nitrogens with zero attached hydrogens (tertiary/aromatic N) is 2. The highest BCUT2D eigenvalue weighted by atomic mass is 32.2. The fourth-order valence-electron chi connectivity index (χ4n) is 6.36. The fraction of sp³-hybridized carbons (Fsp3) is 0.381. The second kappa shape index (κ2) is 18.5. The summed E-state index contributed by atoms with van der Waals surface area (Å²) in [5.74, 6) is -0.833. The summed E-state index contributed by atoms with van der Waals surface area (Å²) in [6.07, 6.45) is 11.8. The summed E-state index contributed by atoms with van der Waals surface area (Å²) < 4.78 is 70.7. The summed E-state index contributed by atoms with van der Waals surface area (Å²) >= 11 is 3.70. The molecule has 2 atom stereocenters. The molecule has 0 aliphatic rings. The molecule has 0 saturated carbocycles. The van der Waals surface area contributed by atoms with Crippen molar-refractivity contribution >= 4 is 50.8 Å². The Kier molecular flexibility index (Phi) is 14.1. The molecular formula is C42H46F4N2S3. The van der Waals surface area contributed by atoms with E-state index in [4.69, 9.17) is 0 Å². The summed E-state index contributed by atoms with van der Waals surface area (Å²) in [5, 5.41) is 0. The molecule has 0 radical (unpaired) electrons. The van der Waals surface area contributed by atoms with Crippen LogP contribution in [0.15, 0.2) is 67.3 Å². The number of benzene rings is 3. The van der Waals surface area contributed by atoms with Gasteiger partial charge in [0.05, 0.1) is 22.9 Å². The maximum atomic E-state index is 15.4. The lowest BCUT2D eigenvalue weighted by Gasteiger charge is -2.14. The number of unbranched alkanes of at least 4 members (excludes halogenated alkanes) is 1. The molecule has 3 aromatic carbocycles. The topological polar surface area (TPSA) is 25.8 Å². The van der Waals surface area contributed by atoms with Crippen LogP contribution < -0.4 is 0 Å². The normalized spacial score (nSPS) is 13.2. The van der Waals surface area contributed by atoms with Crippen LogP contribution in [-0.2, 0) is 18.6 Å². The number of hydrogen-bond donors (Lipinski definition) is 0. The number of hydrogen-bond acceptors (Lipinski definition) is 5. The molecule has 0 N–H and O–H groups in total. The SMILES string of the molecule is C=C/C=C(\SCc1ccc(-c2ccc(-c3c(F)cc(CCC(CC)CCCC)cc3F)s2)c2nsnc12)c1c(F)cc(CCC(C)CC)cc1F. The number of fused-ring (bicyclic) bond motifs is 1. The maximum absolute atomic E-state index is 15.4. The van der Waals surface area contributed by atoms with Crippen LogP contribution in [0, 0.1) is 35.1 Å². The first-order valence-electron chi connectivity index (χ1n) is 17.9. The summed E-state index contributed by atoms with van der Waals surface area (Å²) in [6.45, 7) is 12.4. The van der Waals surface area contributed by atoms with E-state index in [0.29, 0.717) is 62.4 Å². The third kappa shape index (κ3) is 9.59. The van der Waals surface area contributed by atoms with E-state index in [-0.39, 0.29) is 11.1 Å². The van der Waals surface area contributed by atoms with E-state index in [1.54, 1.807) is 12.1 Å². The Bertz CT molecular complexity index is 1930. The van der Waals surface area contributed by atoms with Crippen molar-refractivity contribution in [3.63, 3.8) is 0 Å². The van der Waals surface area contributed by atoms with E-state index < -0.39 is 23.3 Å². The first-order chi connectivity index (χ1) is 24.7. The molecule has 0 spiro atoms. The van der Waals surface area contributed by atoms with Crippen molar-refractivity contribution < 1.29 is 17.6 Å². The van der Waals surface area contributed by atoms with E-state index in [0.717, 1.165) is 66.3 Å². The van der Waals surface area contributed by atoms with Gasteiger partial charge in [0, 0.05) is 26.0 Å². The van der Waals surface area contributed by atoms with Crippen molar-refractivity contribution in [1.82, 2.24) is 8.75 Å². The highest BCUT2D eigenvalue weighted by Crippen LogP contribution is 2.42. The molecule has 2 heterocycles. The molecule has 0 amide bonds. The van der Waals surface area contributed by atoms with Gasteiger partial charge in [-0.2, -0.15) is 8.75 Å². The van der Waals surface area contributed by atoms with E-state index in [2.05, 4.69) is 43.0 Å². The van der Waals surface area contributed by atoms with Crippen LogP contribution in [0.3, 0.4) is 0 Å². The van der Waals surface area contributed by atoms with Gasteiger partial charge in [-0.05, 0) is 96.7 Å². The van der Waals surface area contributed by atoms with Crippen molar-refractivity contribution in [1.29, 1.82) is 0 Å². The first kappa shape index (κ1) is 38.9. The Balaban J connectivity index is 1.33. The molecular weight excluding hydrogens is 705 g/mol. The van der Waals surface area contributed by atoms with E-state index in [1.165, 1.54) is 59.9 Å². The van der Waals surface area contributed by atoms with Crippen molar-refractivity contribution in [3.8, 4) is 20.9 Å². The quantitative estimate of drug-likeness (QED) is 0.0659. The Morgan fingerprint density at radius 2 is 1.45 bits per heavy atom. The van der Waals surface area contributed by atoms with Gasteiger partial charge in [0.25, 0.3) is 0 Å². The minimum Gasteiger partial charge on any atom is -0.206 e. The minimum atomic E-state index is -0.589. The van der Waals surface area contributed by atoms with E-state index in [1.807, 2.05) is 18.2 Å². The number of aryl methyl sites for hydroxylation is 2. The Hall–Kier alpha value is -3.27. The molecule has 0 aliphatic heterocycles. The molecule has 5 rings (SSSR count). The van der Waals surface area contributed by atoms with Gasteiger partial charge in [0.1, 0.15) is 34.3 Å². The predicted octanol–water partition coefficient (Wildman–Crippen LogP) is 14.2. The van der Waals surface area contributed by atoms with Gasteiger partial charge in [0.15, 0.2) is 0 Å². The molecule has 51 heavy (non-hydrogen) atoms. The maximum Gasteiger partial charge on any atom is 0.135 e. The largest absolute Gasteiger partial charge is 0.206 e. The van der Waals surface area contributed by atoms with Crippen molar-refractivity contribution in [2.24, 2.45) is 11.8 Å². The van der Waals surface area contributed by atoms with Crippen LogP contribution in [0.25, 0.3) is 36.8 Å². The third-order valence-corrected chi connectivity index (χ3v) is 12.5. The minimum absolute atomic E-state index is 0.0155. The third-order valence-electron chi connectivity index (χ3n) is 9.73. The number of thioether (sulfide) groups is 1. The molecule has 2 unspecified atom stereocenters. The van der Waals surface area contributed by atoms with Crippen LogP contribution >= 0.6 is 34.8 Å². The Morgan fingerprint density at radius 3 is 2.10 bits per heavy atom. The first-order valence-corrected chi connectivity index (χ1v) is 20.5. The lowest BCUT2D eigenvalue weighted by Crippen LogP contribution is -2.02. The summed E-state index contributed by atoms with van der Waals surface area (Å²) in [7, 11) is 0. The fourth-order valence-corrected chi connectivity index (χ4v) is 9.11. The standard InChI is InChI=1S/C42H46F4N2S3/c1-6-10-12-27(9-4)15-16-29-23-34(45)40(35(46)24-29)38-20-19-36(50-38)31-18-17-30(41-42(31)48-51-47-41)25-49-37(11-7-2)39-32(43)21-28(22-33(39)44)14-13-26(5)8-3/h7,11,17-24,26-27H,2,6,8-10,12-16,25H2,1,3-5H3/b37-11-. The molecule has 0 bridgehead atoms. The van der Waals surface area contributed by atoms with Crippen LogP contribution in [-0.4, -0.2) is 8.75 Å². The zero-order valence-corrected chi connectivity index (χ0v) is 32.3. The van der Waals surface area contributed by atoms with Gasteiger partial charge >= 0.3 is 0 Å². The van der Waals surface area contributed by atoms with Crippen molar-refractivity contribution in [2.75, 3.05) is 0 Å². The van der Waals surface area contributed by atoms with Gasteiger partial charge in [0.2, 0.25) is 0 Å². The zero-order valence-electron chi connectivity index (χ0n) is 29.8. The predicted molar refractivity (Wildman–Crippen MR) is 211 cm³/mol. The van der Waals surface area contributed by atoms with Gasteiger partial charge in [-0.25, -0.2) is 17.6 Å². The molecule has 2 nitrogen and oxygen atoms in total. The van der Waals surface area contributed by atoms with Crippen LogP contribution in [0.2, 0.25) is 0 Å². The monoisotopic (exact) mass is 750 g/mol. The smallest absolute Gasteiger partial charge is 0.135 e.